The molecule has 3 rings (SSSR count). The SMILES string of the molecule is COC(=O)c1ccccc1NC(=O)Nc1nc2c(s1)CCCCC2. The van der Waals surface area contributed by atoms with E-state index in [9.17, 15) is 9.59 Å². The van der Waals surface area contributed by atoms with Gasteiger partial charge in [0.25, 0.3) is 0 Å². The highest BCUT2D eigenvalue weighted by molar-refractivity contribution is 7.15. The summed E-state index contributed by atoms with van der Waals surface area (Å²) in [5.41, 5.74) is 1.81. The molecule has 1 aromatic carbocycles. The molecule has 0 fully saturated rings. The second-order valence-corrected chi connectivity index (χ2v) is 6.65. The average molecular weight is 345 g/mol. The molecule has 2 N–H and O–H groups in total. The molecule has 1 aliphatic rings. The molecule has 1 aromatic heterocycles. The number of rotatable bonds is 3. The highest BCUT2D eigenvalue weighted by Crippen LogP contribution is 2.29. The number of para-hydroxylation sites is 1. The lowest BCUT2D eigenvalue weighted by atomic mass is 10.2. The van der Waals surface area contributed by atoms with Crippen molar-refractivity contribution in [3.05, 3.63) is 40.4 Å². The molecule has 6 nitrogen and oxygen atoms in total. The number of anilines is 2. The zero-order valence-corrected chi connectivity index (χ0v) is 14.2. The predicted octanol–water partition coefficient (Wildman–Crippen LogP) is 3.84. The molecule has 0 spiro atoms. The van der Waals surface area contributed by atoms with Gasteiger partial charge < -0.3 is 10.1 Å². The molecule has 0 bridgehead atoms. The van der Waals surface area contributed by atoms with Crippen LogP contribution < -0.4 is 10.6 Å². The minimum absolute atomic E-state index is 0.310. The molecule has 1 heterocycles. The molecule has 0 radical (unpaired) electrons. The summed E-state index contributed by atoms with van der Waals surface area (Å²) in [5, 5.41) is 6.03. The van der Waals surface area contributed by atoms with Crippen LogP contribution in [-0.2, 0) is 17.6 Å². The summed E-state index contributed by atoms with van der Waals surface area (Å²) in [7, 11) is 1.31. The van der Waals surface area contributed by atoms with Crippen LogP contribution in [0.4, 0.5) is 15.6 Å². The van der Waals surface area contributed by atoms with Crippen molar-refractivity contribution in [2.45, 2.75) is 32.1 Å². The molecule has 0 unspecified atom stereocenters. The zero-order valence-electron chi connectivity index (χ0n) is 13.4. The van der Waals surface area contributed by atoms with Gasteiger partial charge >= 0.3 is 12.0 Å². The Bertz CT molecular complexity index is 734. The summed E-state index contributed by atoms with van der Waals surface area (Å²) in [6.45, 7) is 0. The number of urea groups is 1. The molecule has 0 saturated heterocycles. The maximum Gasteiger partial charge on any atom is 0.339 e. The Morgan fingerprint density at radius 1 is 1.12 bits per heavy atom. The Morgan fingerprint density at radius 3 is 2.75 bits per heavy atom. The summed E-state index contributed by atoms with van der Waals surface area (Å²) in [6, 6.07) is 6.30. The fraction of sp³-hybridized carbons (Fsp3) is 0.353. The molecule has 0 atom stereocenters. The van der Waals surface area contributed by atoms with Crippen molar-refractivity contribution in [3.8, 4) is 0 Å². The van der Waals surface area contributed by atoms with Crippen LogP contribution in [0.5, 0.6) is 0 Å². The van der Waals surface area contributed by atoms with E-state index in [1.54, 1.807) is 24.3 Å². The number of aryl methyl sites for hydroxylation is 2. The predicted molar refractivity (Wildman–Crippen MR) is 93.8 cm³/mol. The number of amides is 2. The van der Waals surface area contributed by atoms with Crippen LogP contribution >= 0.6 is 11.3 Å². The van der Waals surface area contributed by atoms with Crippen LogP contribution in [0.3, 0.4) is 0 Å². The van der Waals surface area contributed by atoms with Gasteiger partial charge in [0.15, 0.2) is 5.13 Å². The highest BCUT2D eigenvalue weighted by atomic mass is 32.1. The summed E-state index contributed by atoms with van der Waals surface area (Å²) >= 11 is 1.53. The van der Waals surface area contributed by atoms with Crippen molar-refractivity contribution >= 4 is 34.2 Å². The van der Waals surface area contributed by atoms with Gasteiger partial charge in [-0.3, -0.25) is 5.32 Å². The van der Waals surface area contributed by atoms with E-state index in [4.69, 9.17) is 4.74 Å². The molecule has 126 valence electrons. The number of fused-ring (bicyclic) bond motifs is 1. The van der Waals surface area contributed by atoms with Gasteiger partial charge in [0, 0.05) is 4.88 Å². The van der Waals surface area contributed by atoms with E-state index in [1.165, 1.54) is 36.2 Å². The largest absolute Gasteiger partial charge is 0.465 e. The van der Waals surface area contributed by atoms with Gasteiger partial charge in [-0.15, -0.1) is 11.3 Å². The summed E-state index contributed by atoms with van der Waals surface area (Å²) in [4.78, 5) is 29.7. The van der Waals surface area contributed by atoms with Gasteiger partial charge in [-0.2, -0.15) is 0 Å². The first-order valence-corrected chi connectivity index (χ1v) is 8.73. The third kappa shape index (κ3) is 3.73. The van der Waals surface area contributed by atoms with E-state index in [0.717, 1.165) is 25.0 Å². The monoisotopic (exact) mass is 345 g/mol. The average Bonchev–Trinajstić information content (AvgIpc) is 2.82. The number of aromatic nitrogens is 1. The second kappa shape index (κ2) is 7.44. The third-order valence-electron chi connectivity index (χ3n) is 3.90. The standard InChI is InChI=1S/C17H19N3O3S/c1-23-15(21)11-7-5-6-8-12(11)18-16(22)20-17-19-13-9-3-2-4-10-14(13)24-17/h5-8H,2-4,9-10H2,1H3,(H2,18,19,20,22). The van der Waals surface area contributed by atoms with Gasteiger partial charge in [0.1, 0.15) is 0 Å². The molecule has 2 aromatic rings. The summed E-state index contributed by atoms with van der Waals surface area (Å²) < 4.78 is 4.72. The van der Waals surface area contributed by atoms with Gasteiger partial charge in [-0.05, 0) is 37.8 Å². The topological polar surface area (TPSA) is 80.3 Å². The lowest BCUT2D eigenvalue weighted by molar-refractivity contribution is 0.0602. The lowest BCUT2D eigenvalue weighted by Gasteiger charge is -2.09. The van der Waals surface area contributed by atoms with Crippen LogP contribution in [0.15, 0.2) is 24.3 Å². The quantitative estimate of drug-likeness (QED) is 0.654. The number of thiazole rings is 1. The smallest absolute Gasteiger partial charge is 0.339 e. The number of nitrogens with zero attached hydrogens (tertiary/aromatic N) is 1. The number of hydrogen-bond acceptors (Lipinski definition) is 5. The lowest BCUT2D eigenvalue weighted by Crippen LogP contribution is -2.21. The number of methoxy groups -OCH3 is 1. The van der Waals surface area contributed by atoms with E-state index in [0.29, 0.717) is 16.4 Å². The molecule has 0 aliphatic heterocycles. The summed E-state index contributed by atoms with van der Waals surface area (Å²) in [5.74, 6) is -0.494. The molecule has 1 aliphatic carbocycles. The first-order chi connectivity index (χ1) is 11.7. The van der Waals surface area contributed by atoms with Gasteiger partial charge in [-0.25, -0.2) is 14.6 Å². The first-order valence-electron chi connectivity index (χ1n) is 7.91. The highest BCUT2D eigenvalue weighted by Gasteiger charge is 2.17. The van der Waals surface area contributed by atoms with Gasteiger partial charge in [-0.1, -0.05) is 18.6 Å². The minimum Gasteiger partial charge on any atom is -0.465 e. The number of hydrogen-bond donors (Lipinski definition) is 2. The number of carbonyl (C=O) groups is 2. The number of benzene rings is 1. The van der Waals surface area contributed by atoms with Crippen LogP contribution in [0.25, 0.3) is 0 Å². The number of nitrogens with one attached hydrogen (secondary N) is 2. The van der Waals surface area contributed by atoms with Gasteiger partial charge in [0.2, 0.25) is 0 Å². The van der Waals surface area contributed by atoms with E-state index in [-0.39, 0.29) is 0 Å². The van der Waals surface area contributed by atoms with Crippen LogP contribution in [0.1, 0.15) is 40.2 Å². The molecular weight excluding hydrogens is 326 g/mol. The van der Waals surface area contributed by atoms with E-state index < -0.39 is 12.0 Å². The van der Waals surface area contributed by atoms with Crippen molar-refractivity contribution in [2.75, 3.05) is 17.7 Å². The normalized spacial score (nSPS) is 13.5. The van der Waals surface area contributed by atoms with Crippen molar-refractivity contribution in [2.24, 2.45) is 0 Å². The summed E-state index contributed by atoms with van der Waals surface area (Å²) in [6.07, 6.45) is 5.56. The van der Waals surface area contributed by atoms with Crippen LogP contribution in [0.2, 0.25) is 0 Å². The van der Waals surface area contributed by atoms with Crippen LogP contribution in [-0.4, -0.2) is 24.1 Å². The Labute approximate surface area is 144 Å². The van der Waals surface area contributed by atoms with Crippen molar-refractivity contribution in [3.63, 3.8) is 0 Å². The number of ether oxygens (including phenoxy) is 1. The maximum atomic E-state index is 12.2. The fourth-order valence-corrected chi connectivity index (χ4v) is 3.76. The molecule has 24 heavy (non-hydrogen) atoms. The van der Waals surface area contributed by atoms with Crippen molar-refractivity contribution in [1.82, 2.24) is 4.98 Å². The Hall–Kier alpha value is -2.41. The fourth-order valence-electron chi connectivity index (χ4n) is 2.71. The van der Waals surface area contributed by atoms with E-state index >= 15 is 0 Å². The second-order valence-electron chi connectivity index (χ2n) is 5.57. The number of esters is 1. The van der Waals surface area contributed by atoms with E-state index in [1.807, 2.05) is 0 Å². The number of carbonyl (C=O) groups excluding carboxylic acids is 2. The Morgan fingerprint density at radius 2 is 1.92 bits per heavy atom. The molecule has 7 heteroatoms. The zero-order chi connectivity index (χ0) is 16.9. The minimum atomic E-state index is -0.494. The van der Waals surface area contributed by atoms with Crippen LogP contribution in [0, 0.1) is 0 Å². The third-order valence-corrected chi connectivity index (χ3v) is 4.97. The molecule has 0 saturated carbocycles. The molecule has 2 amide bonds. The molecular formula is C17H19N3O3S. The van der Waals surface area contributed by atoms with Crippen molar-refractivity contribution < 1.29 is 14.3 Å². The Kier molecular flexibility index (Phi) is 5.10. The maximum absolute atomic E-state index is 12.2. The van der Waals surface area contributed by atoms with E-state index in [2.05, 4.69) is 15.6 Å². The first kappa shape index (κ1) is 16.4. The van der Waals surface area contributed by atoms with Gasteiger partial charge in [0.05, 0.1) is 24.1 Å². The van der Waals surface area contributed by atoms with Crippen molar-refractivity contribution in [1.29, 1.82) is 0 Å². The Balaban J connectivity index is 1.69.